The summed E-state index contributed by atoms with van der Waals surface area (Å²) in [6.45, 7) is 0. The van der Waals surface area contributed by atoms with Crippen molar-refractivity contribution in [3.63, 3.8) is 0 Å². The van der Waals surface area contributed by atoms with Crippen LogP contribution >= 0.6 is 31.9 Å². The molecule has 0 aliphatic heterocycles. The van der Waals surface area contributed by atoms with Crippen LogP contribution in [0.2, 0.25) is 0 Å². The summed E-state index contributed by atoms with van der Waals surface area (Å²) in [7, 11) is 0. The molecule has 0 saturated heterocycles. The topological polar surface area (TPSA) is 103 Å². The number of halogens is 2. The zero-order chi connectivity index (χ0) is 15.6. The lowest BCUT2D eigenvalue weighted by Gasteiger charge is -2.09. The van der Waals surface area contributed by atoms with Crippen LogP contribution in [0, 0.1) is 10.1 Å². The fraction of sp³-hybridized carbons (Fsp3) is 0. The van der Waals surface area contributed by atoms with E-state index in [1.54, 1.807) is 0 Å². The van der Waals surface area contributed by atoms with E-state index in [0.717, 1.165) is 0 Å². The van der Waals surface area contributed by atoms with Gasteiger partial charge in [0.05, 0.1) is 4.92 Å². The van der Waals surface area contributed by atoms with Gasteiger partial charge in [0.15, 0.2) is 5.75 Å². The minimum absolute atomic E-state index is 0.0986. The average Bonchev–Trinajstić information content (AvgIpc) is 2.42. The van der Waals surface area contributed by atoms with E-state index in [1.807, 2.05) is 0 Å². The van der Waals surface area contributed by atoms with Crippen LogP contribution in [0.1, 0.15) is 10.4 Å². The van der Waals surface area contributed by atoms with Crippen molar-refractivity contribution in [2.24, 2.45) is 0 Å². The summed E-state index contributed by atoms with van der Waals surface area (Å²) in [5, 5.41) is 20.0. The van der Waals surface area contributed by atoms with E-state index in [9.17, 15) is 14.9 Å². The van der Waals surface area contributed by atoms with Crippen molar-refractivity contribution >= 4 is 43.5 Å². The molecule has 0 amide bonds. The maximum absolute atomic E-state index is 11.2. The Labute approximate surface area is 135 Å². The fourth-order valence-corrected chi connectivity index (χ4v) is 2.31. The quantitative estimate of drug-likeness (QED) is 0.595. The maximum Gasteiger partial charge on any atom is 0.341 e. The largest absolute Gasteiger partial charge is 0.477 e. The number of hydrogen-bond acceptors (Lipinski definition) is 5. The number of carbonyl (C=O) groups is 1. The summed E-state index contributed by atoms with van der Waals surface area (Å²) >= 11 is 6.18. The zero-order valence-corrected chi connectivity index (χ0v) is 13.3. The van der Waals surface area contributed by atoms with E-state index in [2.05, 4.69) is 36.8 Å². The molecule has 2 rings (SSSR count). The van der Waals surface area contributed by atoms with Gasteiger partial charge in [-0.3, -0.25) is 10.1 Å². The van der Waals surface area contributed by atoms with Crippen molar-refractivity contribution in [2.75, 3.05) is 0 Å². The van der Waals surface area contributed by atoms with Gasteiger partial charge in [-0.2, -0.15) is 0 Å². The molecule has 0 spiro atoms. The van der Waals surface area contributed by atoms with E-state index >= 15 is 0 Å². The highest BCUT2D eigenvalue weighted by molar-refractivity contribution is 9.11. The van der Waals surface area contributed by atoms with Crippen molar-refractivity contribution in [1.82, 2.24) is 4.98 Å². The summed E-state index contributed by atoms with van der Waals surface area (Å²) in [5.74, 6) is -1.28. The highest BCUT2D eigenvalue weighted by Gasteiger charge is 2.20. The normalized spacial score (nSPS) is 10.2. The molecule has 1 aromatic carbocycles. The molecule has 0 aliphatic rings. The van der Waals surface area contributed by atoms with Crippen molar-refractivity contribution in [2.45, 2.75) is 0 Å². The van der Waals surface area contributed by atoms with Crippen LogP contribution in [-0.2, 0) is 0 Å². The van der Waals surface area contributed by atoms with E-state index in [4.69, 9.17) is 9.84 Å². The third-order valence-corrected chi connectivity index (χ3v) is 3.63. The molecular formula is C12H6Br2N2O5. The number of nitrogens with zero attached hydrogens (tertiary/aromatic N) is 2. The molecule has 7 nitrogen and oxygen atoms in total. The van der Waals surface area contributed by atoms with Gasteiger partial charge in [0, 0.05) is 16.7 Å². The Bertz CT molecular complexity index is 736. The standard InChI is InChI=1S/C12H6Br2N2O5/c13-6-4-7(12(17)18)11(15-5-6)21-9-3-1-2-8(10(9)14)16(19)20/h1-5H,(H,17,18). The van der Waals surface area contributed by atoms with Gasteiger partial charge in [-0.05, 0) is 44.0 Å². The maximum atomic E-state index is 11.2. The van der Waals surface area contributed by atoms with Crippen LogP contribution in [0.4, 0.5) is 5.69 Å². The Balaban J connectivity index is 2.46. The van der Waals surface area contributed by atoms with E-state index in [-0.39, 0.29) is 27.4 Å². The van der Waals surface area contributed by atoms with Crippen molar-refractivity contribution < 1.29 is 19.6 Å². The molecule has 0 bridgehead atoms. The number of nitro groups is 1. The Kier molecular flexibility index (Phi) is 4.53. The van der Waals surface area contributed by atoms with Crippen LogP contribution < -0.4 is 4.74 Å². The van der Waals surface area contributed by atoms with Crippen LogP contribution in [0.25, 0.3) is 0 Å². The van der Waals surface area contributed by atoms with E-state index in [1.165, 1.54) is 30.5 Å². The second-order valence-corrected chi connectivity index (χ2v) is 5.47. The fourth-order valence-electron chi connectivity index (χ4n) is 1.48. The van der Waals surface area contributed by atoms with Gasteiger partial charge in [-0.25, -0.2) is 9.78 Å². The monoisotopic (exact) mass is 416 g/mol. The number of pyridine rings is 1. The van der Waals surface area contributed by atoms with Gasteiger partial charge >= 0.3 is 5.97 Å². The number of aromatic carboxylic acids is 1. The van der Waals surface area contributed by atoms with Crippen molar-refractivity contribution in [1.29, 1.82) is 0 Å². The number of carboxylic acids is 1. The molecular weight excluding hydrogens is 412 g/mol. The van der Waals surface area contributed by atoms with Crippen LogP contribution in [-0.4, -0.2) is 21.0 Å². The minimum atomic E-state index is -1.22. The molecule has 2 aromatic rings. The summed E-state index contributed by atoms with van der Waals surface area (Å²) in [6.07, 6.45) is 1.37. The van der Waals surface area contributed by atoms with E-state index in [0.29, 0.717) is 4.47 Å². The first-order valence-corrected chi connectivity index (χ1v) is 6.98. The summed E-state index contributed by atoms with van der Waals surface area (Å²) in [4.78, 5) is 25.3. The number of carboxylic acid groups (broad SMARTS) is 1. The molecule has 1 heterocycles. The second-order valence-electron chi connectivity index (χ2n) is 3.76. The third-order valence-electron chi connectivity index (χ3n) is 2.39. The molecule has 0 saturated carbocycles. The molecule has 9 heteroatoms. The Morgan fingerprint density at radius 2 is 2.10 bits per heavy atom. The molecule has 0 aliphatic carbocycles. The van der Waals surface area contributed by atoms with Crippen molar-refractivity contribution in [3.05, 3.63) is 55.1 Å². The van der Waals surface area contributed by atoms with E-state index < -0.39 is 10.9 Å². The summed E-state index contributed by atoms with van der Waals surface area (Å²) in [6, 6.07) is 5.52. The van der Waals surface area contributed by atoms with Gasteiger partial charge in [-0.1, -0.05) is 6.07 Å². The second kappa shape index (κ2) is 6.19. The number of rotatable bonds is 4. The highest BCUT2D eigenvalue weighted by Crippen LogP contribution is 2.37. The molecule has 0 fully saturated rings. The van der Waals surface area contributed by atoms with Crippen LogP contribution in [0.3, 0.4) is 0 Å². The van der Waals surface area contributed by atoms with Gasteiger partial charge < -0.3 is 9.84 Å². The lowest BCUT2D eigenvalue weighted by atomic mass is 10.2. The third kappa shape index (κ3) is 3.37. The molecule has 0 unspecified atom stereocenters. The molecule has 0 atom stereocenters. The smallest absolute Gasteiger partial charge is 0.341 e. The molecule has 21 heavy (non-hydrogen) atoms. The number of nitro benzene ring substituents is 1. The lowest BCUT2D eigenvalue weighted by Crippen LogP contribution is -2.02. The zero-order valence-electron chi connectivity index (χ0n) is 10.1. The number of ether oxygens (including phenoxy) is 1. The number of benzene rings is 1. The van der Waals surface area contributed by atoms with Crippen LogP contribution in [0.5, 0.6) is 11.6 Å². The first-order valence-electron chi connectivity index (χ1n) is 5.39. The molecule has 1 aromatic heterocycles. The highest BCUT2D eigenvalue weighted by atomic mass is 79.9. The van der Waals surface area contributed by atoms with Gasteiger partial charge in [0.1, 0.15) is 10.0 Å². The Morgan fingerprint density at radius 1 is 1.38 bits per heavy atom. The number of hydrogen-bond donors (Lipinski definition) is 1. The van der Waals surface area contributed by atoms with Crippen molar-refractivity contribution in [3.8, 4) is 11.6 Å². The summed E-state index contributed by atoms with van der Waals surface area (Å²) in [5.41, 5.74) is -0.357. The van der Waals surface area contributed by atoms with Gasteiger partial charge in [0.2, 0.25) is 5.88 Å². The average molecular weight is 418 g/mol. The van der Waals surface area contributed by atoms with Crippen LogP contribution in [0.15, 0.2) is 39.4 Å². The minimum Gasteiger partial charge on any atom is -0.477 e. The predicted octanol–water partition coefficient (Wildman–Crippen LogP) is 4.01. The Morgan fingerprint density at radius 3 is 2.71 bits per heavy atom. The van der Waals surface area contributed by atoms with Gasteiger partial charge in [-0.15, -0.1) is 0 Å². The molecule has 1 N–H and O–H groups in total. The summed E-state index contributed by atoms with van der Waals surface area (Å²) < 4.78 is 5.97. The van der Waals surface area contributed by atoms with Gasteiger partial charge in [0.25, 0.3) is 5.69 Å². The first-order chi connectivity index (χ1) is 9.90. The SMILES string of the molecule is O=C(O)c1cc(Br)cnc1Oc1cccc([N+](=O)[O-])c1Br. The number of aromatic nitrogens is 1. The molecule has 108 valence electrons. The lowest BCUT2D eigenvalue weighted by molar-refractivity contribution is -0.385. The predicted molar refractivity (Wildman–Crippen MR) is 79.8 cm³/mol. The first kappa shape index (κ1) is 15.4. The Hall–Kier alpha value is -2.00. The molecule has 0 radical (unpaired) electrons.